The van der Waals surface area contributed by atoms with Gasteiger partial charge in [-0.2, -0.15) is 21.6 Å². The number of ether oxygens (including phenoxy) is 1. The smallest absolute Gasteiger partial charge is 0.416 e. The summed E-state index contributed by atoms with van der Waals surface area (Å²) in [4.78, 5) is 14.4. The van der Waals surface area contributed by atoms with Crippen LogP contribution in [0.3, 0.4) is 0 Å². The Morgan fingerprint density at radius 2 is 1.71 bits per heavy atom. The first-order valence-electron chi connectivity index (χ1n) is 12.0. The third-order valence-corrected chi connectivity index (χ3v) is 7.70. The van der Waals surface area contributed by atoms with E-state index in [2.05, 4.69) is 0 Å². The van der Waals surface area contributed by atoms with Gasteiger partial charge in [-0.05, 0) is 67.6 Å². The van der Waals surface area contributed by atoms with Gasteiger partial charge in [0, 0.05) is 18.5 Å². The van der Waals surface area contributed by atoms with Gasteiger partial charge in [0.15, 0.2) is 11.5 Å². The summed E-state index contributed by atoms with van der Waals surface area (Å²) < 4.78 is 75.5. The highest BCUT2D eigenvalue weighted by Crippen LogP contribution is 2.48. The van der Waals surface area contributed by atoms with Gasteiger partial charge in [0.05, 0.1) is 12.7 Å². The molecule has 0 unspecified atom stereocenters. The molecule has 10 heteroatoms. The number of rotatable bonds is 9. The molecule has 0 spiro atoms. The van der Waals surface area contributed by atoms with E-state index < -0.39 is 26.8 Å². The van der Waals surface area contributed by atoms with Crippen LogP contribution in [0, 0.1) is 5.92 Å². The number of alkyl halides is 3. The number of hydrogen-bond acceptors (Lipinski definition) is 5. The molecule has 0 saturated heterocycles. The van der Waals surface area contributed by atoms with Crippen LogP contribution in [-0.2, 0) is 27.6 Å². The largest absolute Gasteiger partial charge is 0.493 e. The fourth-order valence-electron chi connectivity index (χ4n) is 4.34. The van der Waals surface area contributed by atoms with Crippen molar-refractivity contribution in [3.05, 3.63) is 89.5 Å². The molecule has 0 radical (unpaired) electrons. The molecule has 3 aromatic carbocycles. The van der Waals surface area contributed by atoms with E-state index in [1.807, 2.05) is 44.2 Å². The van der Waals surface area contributed by atoms with Crippen LogP contribution in [0.25, 0.3) is 0 Å². The van der Waals surface area contributed by atoms with E-state index in [4.69, 9.17) is 8.92 Å². The summed E-state index contributed by atoms with van der Waals surface area (Å²) in [6.45, 7) is 3.99. The third-order valence-electron chi connectivity index (χ3n) is 6.47. The van der Waals surface area contributed by atoms with Gasteiger partial charge >= 0.3 is 16.3 Å². The predicted molar refractivity (Wildman–Crippen MR) is 135 cm³/mol. The van der Waals surface area contributed by atoms with Gasteiger partial charge in [-0.1, -0.05) is 42.5 Å². The average molecular weight is 548 g/mol. The number of halogens is 3. The molecule has 1 aliphatic rings. The highest BCUT2D eigenvalue weighted by Gasteiger charge is 2.46. The molecule has 0 aromatic heterocycles. The number of carbonyl (C=O) groups excluding carboxylic acids is 1. The zero-order valence-corrected chi connectivity index (χ0v) is 21.9. The number of methoxy groups -OCH3 is 1. The Bertz CT molecular complexity index is 1410. The first kappa shape index (κ1) is 27.5. The van der Waals surface area contributed by atoms with Crippen molar-refractivity contribution in [1.29, 1.82) is 0 Å². The van der Waals surface area contributed by atoms with E-state index >= 15 is 0 Å². The van der Waals surface area contributed by atoms with Crippen molar-refractivity contribution in [2.45, 2.75) is 49.8 Å². The lowest BCUT2D eigenvalue weighted by molar-refractivity contribution is -0.138. The minimum Gasteiger partial charge on any atom is -0.493 e. The summed E-state index contributed by atoms with van der Waals surface area (Å²) >= 11 is 0. The van der Waals surface area contributed by atoms with Gasteiger partial charge in [0.2, 0.25) is 5.91 Å². The van der Waals surface area contributed by atoms with Gasteiger partial charge in [0.1, 0.15) is 4.90 Å². The van der Waals surface area contributed by atoms with E-state index in [0.29, 0.717) is 11.6 Å². The summed E-state index contributed by atoms with van der Waals surface area (Å²) in [6, 6.07) is 17.6. The molecule has 1 saturated carbocycles. The van der Waals surface area contributed by atoms with Gasteiger partial charge < -0.3 is 13.8 Å². The molecule has 202 valence electrons. The van der Waals surface area contributed by atoms with Crippen molar-refractivity contribution in [1.82, 2.24) is 4.90 Å². The number of amides is 1. The summed E-state index contributed by atoms with van der Waals surface area (Å²) in [7, 11) is -3.29. The minimum absolute atomic E-state index is 0.00345. The molecular weight excluding hydrogens is 519 g/mol. The fraction of sp³-hybridized carbons (Fsp3) is 0.321. The van der Waals surface area contributed by atoms with Crippen molar-refractivity contribution >= 4 is 16.0 Å². The van der Waals surface area contributed by atoms with E-state index in [9.17, 15) is 26.4 Å². The number of nitrogens with zero attached hydrogens (tertiary/aromatic N) is 1. The van der Waals surface area contributed by atoms with Crippen LogP contribution in [0.2, 0.25) is 0 Å². The lowest BCUT2D eigenvalue weighted by Crippen LogP contribution is -2.37. The molecule has 0 heterocycles. The maximum Gasteiger partial charge on any atom is 0.416 e. The van der Waals surface area contributed by atoms with Gasteiger partial charge in [-0.25, -0.2) is 0 Å². The highest BCUT2D eigenvalue weighted by atomic mass is 32.2. The maximum atomic E-state index is 13.4. The number of benzene rings is 3. The Morgan fingerprint density at radius 3 is 2.34 bits per heavy atom. The molecular formula is C28H28F3NO5S. The zero-order valence-electron chi connectivity index (χ0n) is 21.1. The second-order valence-corrected chi connectivity index (χ2v) is 11.0. The molecule has 4 rings (SSSR count). The van der Waals surface area contributed by atoms with Crippen molar-refractivity contribution in [3.8, 4) is 11.5 Å². The molecule has 1 amide bonds. The van der Waals surface area contributed by atoms with Crippen LogP contribution in [0.1, 0.15) is 42.9 Å². The van der Waals surface area contributed by atoms with Crippen LogP contribution < -0.4 is 8.92 Å². The Labute approximate surface area is 220 Å². The van der Waals surface area contributed by atoms with Gasteiger partial charge in [0.25, 0.3) is 0 Å². The quantitative estimate of drug-likeness (QED) is 0.306. The number of hydrogen-bond donors (Lipinski definition) is 0. The molecule has 0 bridgehead atoms. The SMILES string of the molecule is COc1ccc(CN(C(=O)[C@@H]2C[C@H]2c2ccccc2)C(C)C)cc1OS(=O)(=O)c1cccc(C(F)(F)F)c1. The summed E-state index contributed by atoms with van der Waals surface area (Å²) in [5.41, 5.74) is 0.594. The van der Waals surface area contributed by atoms with Crippen LogP contribution in [0.15, 0.2) is 77.7 Å². The minimum atomic E-state index is -4.71. The van der Waals surface area contributed by atoms with E-state index in [-0.39, 0.29) is 41.8 Å². The normalized spacial score (nSPS) is 17.2. The molecule has 2 atom stereocenters. The second kappa shape index (κ2) is 10.7. The molecule has 0 aliphatic heterocycles. The molecule has 6 nitrogen and oxygen atoms in total. The lowest BCUT2D eigenvalue weighted by Gasteiger charge is -2.27. The molecule has 38 heavy (non-hydrogen) atoms. The zero-order chi connectivity index (χ0) is 27.7. The summed E-state index contributed by atoms with van der Waals surface area (Å²) in [5.74, 6) is -0.0682. The van der Waals surface area contributed by atoms with Crippen LogP contribution in [0.4, 0.5) is 13.2 Å². The maximum absolute atomic E-state index is 13.4. The highest BCUT2D eigenvalue weighted by molar-refractivity contribution is 7.87. The van der Waals surface area contributed by atoms with Crippen LogP contribution in [-0.4, -0.2) is 32.4 Å². The standard InChI is InChI=1S/C28H28F3NO5S/c1-18(2)32(27(33)24-16-23(24)20-8-5-4-6-9-20)17-19-12-13-25(36-3)26(14-19)37-38(34,35)22-11-7-10-21(15-22)28(29,30)31/h4-15,18,23-24H,16-17H2,1-3H3/t23-,24+/m0/s1. The first-order valence-corrected chi connectivity index (χ1v) is 13.5. The van der Waals surface area contributed by atoms with E-state index in [1.165, 1.54) is 19.2 Å². The van der Waals surface area contributed by atoms with E-state index in [0.717, 1.165) is 30.2 Å². The monoisotopic (exact) mass is 547 g/mol. The van der Waals surface area contributed by atoms with E-state index in [1.54, 1.807) is 11.0 Å². The Morgan fingerprint density at radius 1 is 1.00 bits per heavy atom. The van der Waals surface area contributed by atoms with Crippen molar-refractivity contribution in [2.24, 2.45) is 5.92 Å². The molecule has 1 fully saturated rings. The molecule has 3 aromatic rings. The molecule has 0 N–H and O–H groups in total. The summed E-state index contributed by atoms with van der Waals surface area (Å²) in [5, 5.41) is 0. The van der Waals surface area contributed by atoms with Crippen molar-refractivity contribution in [2.75, 3.05) is 7.11 Å². The fourth-order valence-corrected chi connectivity index (χ4v) is 5.32. The first-order chi connectivity index (χ1) is 17.9. The van der Waals surface area contributed by atoms with Crippen LogP contribution >= 0.6 is 0 Å². The Balaban J connectivity index is 1.55. The van der Waals surface area contributed by atoms with Crippen LogP contribution in [0.5, 0.6) is 11.5 Å². The average Bonchev–Trinajstić information content (AvgIpc) is 3.68. The lowest BCUT2D eigenvalue weighted by atomic mass is 10.1. The topological polar surface area (TPSA) is 72.9 Å². The summed E-state index contributed by atoms with van der Waals surface area (Å²) in [6.07, 6.45) is -3.95. The Hall–Kier alpha value is -3.53. The van der Waals surface area contributed by atoms with Gasteiger partial charge in [-0.3, -0.25) is 4.79 Å². The predicted octanol–water partition coefficient (Wildman–Crippen LogP) is 6.02. The van der Waals surface area contributed by atoms with Crippen molar-refractivity contribution in [3.63, 3.8) is 0 Å². The van der Waals surface area contributed by atoms with Crippen molar-refractivity contribution < 1.29 is 35.3 Å². The third kappa shape index (κ3) is 6.12. The Kier molecular flexibility index (Phi) is 7.73. The molecule has 1 aliphatic carbocycles. The number of carbonyl (C=O) groups is 1. The van der Waals surface area contributed by atoms with Gasteiger partial charge in [-0.15, -0.1) is 0 Å². The second-order valence-electron chi connectivity index (χ2n) is 9.47.